The minimum absolute atomic E-state index is 0.290. The summed E-state index contributed by atoms with van der Waals surface area (Å²) >= 11 is 0. The van der Waals surface area contributed by atoms with Crippen molar-refractivity contribution in [2.75, 3.05) is 11.9 Å². The first-order chi connectivity index (χ1) is 6.42. The van der Waals surface area contributed by atoms with Gasteiger partial charge in [-0.05, 0) is 19.3 Å². The van der Waals surface area contributed by atoms with Crippen molar-refractivity contribution < 1.29 is 0 Å². The summed E-state index contributed by atoms with van der Waals surface area (Å²) in [5.74, 6) is 0.986. The zero-order chi connectivity index (χ0) is 10.8. The number of anilines is 1. The van der Waals surface area contributed by atoms with Gasteiger partial charge in [-0.2, -0.15) is 0 Å². The predicted molar refractivity (Wildman–Crippen MR) is 60.6 cm³/mol. The van der Waals surface area contributed by atoms with Gasteiger partial charge >= 0.3 is 0 Å². The minimum atomic E-state index is 0.290. The van der Waals surface area contributed by atoms with Crippen LogP contribution in [0.1, 0.15) is 33.4 Å². The summed E-state index contributed by atoms with van der Waals surface area (Å²) in [5.41, 5.74) is 1.36. The third kappa shape index (κ3) is 3.05. The fraction of sp³-hybridized carbons (Fsp3) is 0.727. The maximum Gasteiger partial charge on any atom is 0.203 e. The summed E-state index contributed by atoms with van der Waals surface area (Å²) in [6.45, 7) is 12.7. The van der Waals surface area contributed by atoms with Crippen molar-refractivity contribution in [3.05, 3.63) is 11.9 Å². The molecule has 3 heteroatoms. The largest absolute Gasteiger partial charge is 0.355 e. The average molecular weight is 195 g/mol. The highest BCUT2D eigenvalue weighted by Gasteiger charge is 2.11. The highest BCUT2D eigenvalue weighted by molar-refractivity contribution is 5.28. The number of imidazole rings is 1. The predicted octanol–water partition coefficient (Wildman–Crippen LogP) is 2.67. The van der Waals surface area contributed by atoms with Crippen molar-refractivity contribution in [3.8, 4) is 0 Å². The summed E-state index contributed by atoms with van der Waals surface area (Å²) in [6.07, 6.45) is 2.07. The minimum Gasteiger partial charge on any atom is -0.355 e. The lowest BCUT2D eigenvalue weighted by molar-refractivity contribution is 0.440. The van der Waals surface area contributed by atoms with Gasteiger partial charge in [-0.1, -0.05) is 20.8 Å². The molecule has 0 bridgehead atoms. The van der Waals surface area contributed by atoms with Crippen molar-refractivity contribution in [2.24, 2.45) is 5.41 Å². The Morgan fingerprint density at radius 3 is 2.57 bits per heavy atom. The number of nitrogens with zero attached hydrogens (tertiary/aromatic N) is 2. The Morgan fingerprint density at radius 2 is 2.07 bits per heavy atom. The van der Waals surface area contributed by atoms with Crippen LogP contribution in [0.25, 0.3) is 0 Å². The highest BCUT2D eigenvalue weighted by atomic mass is 15.2. The van der Waals surface area contributed by atoms with Gasteiger partial charge in [0.05, 0.1) is 5.69 Å². The normalized spacial score (nSPS) is 11.8. The first kappa shape index (κ1) is 11.1. The third-order valence-corrected chi connectivity index (χ3v) is 2.01. The Morgan fingerprint density at radius 1 is 1.43 bits per heavy atom. The molecule has 0 saturated heterocycles. The molecule has 80 valence electrons. The van der Waals surface area contributed by atoms with Crippen LogP contribution in [0.5, 0.6) is 0 Å². The number of rotatable bonds is 3. The second kappa shape index (κ2) is 4.03. The molecule has 0 aliphatic heterocycles. The van der Waals surface area contributed by atoms with Crippen LogP contribution < -0.4 is 5.32 Å². The van der Waals surface area contributed by atoms with Crippen LogP contribution in [0.15, 0.2) is 6.20 Å². The van der Waals surface area contributed by atoms with Crippen LogP contribution >= 0.6 is 0 Å². The summed E-state index contributed by atoms with van der Waals surface area (Å²) in [6, 6.07) is 0. The third-order valence-electron chi connectivity index (χ3n) is 2.01. The summed E-state index contributed by atoms with van der Waals surface area (Å²) in [4.78, 5) is 4.44. The van der Waals surface area contributed by atoms with Crippen LogP contribution in [0.2, 0.25) is 0 Å². The lowest BCUT2D eigenvalue weighted by Crippen LogP contribution is -2.20. The molecule has 3 nitrogen and oxygen atoms in total. The SMILES string of the molecule is CCn1cc(C)nc1NCC(C)(C)C. The molecule has 0 aromatic carbocycles. The molecule has 14 heavy (non-hydrogen) atoms. The van der Waals surface area contributed by atoms with E-state index in [-0.39, 0.29) is 0 Å². The first-order valence-electron chi connectivity index (χ1n) is 5.20. The standard InChI is InChI=1S/C11H21N3/c1-6-14-7-9(2)13-10(14)12-8-11(3,4)5/h7H,6,8H2,1-5H3,(H,12,13). The molecule has 0 unspecified atom stereocenters. The monoisotopic (exact) mass is 195 g/mol. The van der Waals surface area contributed by atoms with Gasteiger partial charge in [0.25, 0.3) is 0 Å². The maximum atomic E-state index is 4.44. The topological polar surface area (TPSA) is 29.9 Å². The fourth-order valence-corrected chi connectivity index (χ4v) is 1.27. The van der Waals surface area contributed by atoms with E-state index in [0.29, 0.717) is 5.41 Å². The second-order valence-corrected chi connectivity index (χ2v) is 4.91. The fourth-order valence-electron chi connectivity index (χ4n) is 1.27. The molecule has 1 N–H and O–H groups in total. The Kier molecular flexibility index (Phi) is 3.19. The number of hydrogen-bond acceptors (Lipinski definition) is 2. The van der Waals surface area contributed by atoms with Gasteiger partial charge in [0, 0.05) is 19.3 Å². The van der Waals surface area contributed by atoms with E-state index in [2.05, 4.69) is 48.8 Å². The molecule has 1 aromatic rings. The molecule has 1 aromatic heterocycles. The van der Waals surface area contributed by atoms with Gasteiger partial charge in [0.15, 0.2) is 0 Å². The average Bonchev–Trinajstić information content (AvgIpc) is 2.41. The Hall–Kier alpha value is -0.990. The first-order valence-corrected chi connectivity index (χ1v) is 5.20. The van der Waals surface area contributed by atoms with Crippen molar-refractivity contribution in [1.82, 2.24) is 9.55 Å². The van der Waals surface area contributed by atoms with E-state index >= 15 is 0 Å². The van der Waals surface area contributed by atoms with Gasteiger partial charge < -0.3 is 9.88 Å². The quantitative estimate of drug-likeness (QED) is 0.803. The number of aromatic nitrogens is 2. The highest BCUT2D eigenvalue weighted by Crippen LogP contribution is 2.15. The van der Waals surface area contributed by atoms with Crippen LogP contribution in [-0.2, 0) is 6.54 Å². The van der Waals surface area contributed by atoms with Gasteiger partial charge in [-0.3, -0.25) is 0 Å². The Balaban J connectivity index is 2.66. The number of aryl methyl sites for hydroxylation is 2. The summed E-state index contributed by atoms with van der Waals surface area (Å²) < 4.78 is 2.14. The molecular weight excluding hydrogens is 174 g/mol. The van der Waals surface area contributed by atoms with Crippen LogP contribution in [0.4, 0.5) is 5.95 Å². The number of nitrogens with one attached hydrogen (secondary N) is 1. The molecule has 0 amide bonds. The van der Waals surface area contributed by atoms with E-state index in [0.717, 1.165) is 24.7 Å². The maximum absolute atomic E-state index is 4.44. The van der Waals surface area contributed by atoms with Gasteiger partial charge in [0.1, 0.15) is 0 Å². The van der Waals surface area contributed by atoms with Crippen LogP contribution in [0.3, 0.4) is 0 Å². The second-order valence-electron chi connectivity index (χ2n) is 4.91. The molecular formula is C11H21N3. The summed E-state index contributed by atoms with van der Waals surface area (Å²) in [7, 11) is 0. The summed E-state index contributed by atoms with van der Waals surface area (Å²) in [5, 5.41) is 3.38. The molecule has 0 radical (unpaired) electrons. The molecule has 1 rings (SSSR count). The zero-order valence-electron chi connectivity index (χ0n) is 9.89. The van der Waals surface area contributed by atoms with Crippen molar-refractivity contribution >= 4 is 5.95 Å². The van der Waals surface area contributed by atoms with Gasteiger partial charge in [-0.25, -0.2) is 4.98 Å². The molecule has 0 fully saturated rings. The van der Waals surface area contributed by atoms with E-state index in [1.54, 1.807) is 0 Å². The molecule has 0 aliphatic rings. The van der Waals surface area contributed by atoms with Gasteiger partial charge in [-0.15, -0.1) is 0 Å². The Bertz CT molecular complexity index is 294. The lowest BCUT2D eigenvalue weighted by atomic mass is 9.97. The molecule has 0 atom stereocenters. The molecule has 0 spiro atoms. The van der Waals surface area contributed by atoms with Crippen molar-refractivity contribution in [2.45, 2.75) is 41.2 Å². The van der Waals surface area contributed by atoms with Crippen molar-refractivity contribution in [3.63, 3.8) is 0 Å². The van der Waals surface area contributed by atoms with E-state index in [9.17, 15) is 0 Å². The molecule has 1 heterocycles. The van der Waals surface area contributed by atoms with E-state index in [1.165, 1.54) is 0 Å². The van der Waals surface area contributed by atoms with Crippen LogP contribution in [-0.4, -0.2) is 16.1 Å². The molecule has 0 aliphatic carbocycles. The van der Waals surface area contributed by atoms with E-state index < -0.39 is 0 Å². The smallest absolute Gasteiger partial charge is 0.203 e. The van der Waals surface area contributed by atoms with E-state index in [4.69, 9.17) is 0 Å². The molecule has 0 saturated carbocycles. The zero-order valence-corrected chi connectivity index (χ0v) is 9.89. The number of hydrogen-bond donors (Lipinski definition) is 1. The van der Waals surface area contributed by atoms with E-state index in [1.807, 2.05) is 6.92 Å². The van der Waals surface area contributed by atoms with Gasteiger partial charge in [0.2, 0.25) is 5.95 Å². The van der Waals surface area contributed by atoms with Crippen LogP contribution in [0, 0.1) is 12.3 Å². The lowest BCUT2D eigenvalue weighted by Gasteiger charge is -2.19. The van der Waals surface area contributed by atoms with Crippen molar-refractivity contribution in [1.29, 1.82) is 0 Å². The Labute approximate surface area is 86.5 Å².